The minimum absolute atomic E-state index is 0.0418. The van der Waals surface area contributed by atoms with Crippen LogP contribution in [-0.4, -0.2) is 38.6 Å². The fraction of sp³-hybridized carbons (Fsp3) is 0.133. The molecule has 5 nitrogen and oxygen atoms in total. The summed E-state index contributed by atoms with van der Waals surface area (Å²) in [6, 6.07) is 6.35. The number of carboxylic acid groups (broad SMARTS) is 1. The molecule has 0 saturated carbocycles. The lowest BCUT2D eigenvalue weighted by molar-refractivity contribution is -0.134. The van der Waals surface area contributed by atoms with Crippen molar-refractivity contribution in [2.24, 2.45) is 0 Å². The van der Waals surface area contributed by atoms with E-state index in [2.05, 4.69) is 9.97 Å². The van der Waals surface area contributed by atoms with Gasteiger partial charge in [-0.25, -0.2) is 14.8 Å². The van der Waals surface area contributed by atoms with Crippen molar-refractivity contribution in [3.63, 3.8) is 0 Å². The molecule has 1 aromatic heterocycles. The third-order valence-corrected chi connectivity index (χ3v) is 4.76. The van der Waals surface area contributed by atoms with Crippen molar-refractivity contribution in [1.29, 1.82) is 0 Å². The summed E-state index contributed by atoms with van der Waals surface area (Å²) in [6.07, 6.45) is -2.62. The van der Waals surface area contributed by atoms with E-state index >= 15 is 0 Å². The first-order valence-electron chi connectivity index (χ1n) is 6.72. The van der Waals surface area contributed by atoms with E-state index in [9.17, 15) is 28.2 Å². The number of aliphatic carboxylic acids is 1. The van der Waals surface area contributed by atoms with Crippen molar-refractivity contribution in [2.75, 3.05) is 6.26 Å². The van der Waals surface area contributed by atoms with Gasteiger partial charge in [-0.3, -0.25) is 0 Å². The topological polar surface area (TPSA) is 83.3 Å². The van der Waals surface area contributed by atoms with Gasteiger partial charge in [-0.2, -0.15) is 13.2 Å². The summed E-state index contributed by atoms with van der Waals surface area (Å²) < 4.78 is 38.6. The summed E-state index contributed by atoms with van der Waals surface area (Å²) >= 11 is 7.86. The Hall–Kier alpha value is -1.91. The highest BCUT2D eigenvalue weighted by Crippen LogP contribution is 2.37. The van der Waals surface area contributed by atoms with Crippen molar-refractivity contribution in [1.82, 2.24) is 9.97 Å². The summed E-state index contributed by atoms with van der Waals surface area (Å²) in [5.74, 6) is -4.17. The smallest absolute Gasteiger partial charge is 0.449 e. The third kappa shape index (κ3) is 4.83. The number of carboxylic acids is 1. The van der Waals surface area contributed by atoms with Gasteiger partial charge in [-0.05, 0) is 30.5 Å². The Morgan fingerprint density at radius 2 is 1.81 bits per heavy atom. The summed E-state index contributed by atoms with van der Waals surface area (Å²) in [7, 11) is 0. The first-order chi connectivity index (χ1) is 12.1. The SMILES string of the molecule is CSc1ncc(C(C(=O)O)=C(O)C(F)(F)F)c(Sc2ccc(Cl)cc2)n1. The standard InChI is InChI=1S/C15H10ClF3N2O3S2/c1-25-14-20-6-9(10(13(23)24)11(22)15(17,18)19)12(21-14)26-8-4-2-7(16)3-5-8/h2-6,22H,1H3,(H,23,24). The molecule has 0 aliphatic heterocycles. The van der Waals surface area contributed by atoms with E-state index in [4.69, 9.17) is 11.6 Å². The minimum atomic E-state index is -5.23. The maximum absolute atomic E-state index is 12.9. The molecule has 0 aliphatic carbocycles. The third-order valence-electron chi connectivity index (χ3n) is 2.93. The Bertz CT molecular complexity index is 858. The van der Waals surface area contributed by atoms with Gasteiger partial charge in [0, 0.05) is 21.7 Å². The molecule has 0 radical (unpaired) electrons. The van der Waals surface area contributed by atoms with E-state index in [1.165, 1.54) is 0 Å². The molecule has 0 atom stereocenters. The highest BCUT2D eigenvalue weighted by Gasteiger charge is 2.40. The van der Waals surface area contributed by atoms with Crippen molar-refractivity contribution >= 4 is 46.7 Å². The zero-order valence-corrected chi connectivity index (χ0v) is 15.3. The van der Waals surface area contributed by atoms with Crippen molar-refractivity contribution in [3.05, 3.63) is 46.8 Å². The van der Waals surface area contributed by atoms with Gasteiger partial charge < -0.3 is 10.2 Å². The van der Waals surface area contributed by atoms with Crippen LogP contribution >= 0.6 is 35.1 Å². The van der Waals surface area contributed by atoms with Crippen molar-refractivity contribution in [3.8, 4) is 0 Å². The van der Waals surface area contributed by atoms with E-state index in [-0.39, 0.29) is 10.2 Å². The fourth-order valence-corrected chi connectivity index (χ4v) is 3.22. The number of benzene rings is 1. The maximum Gasteiger partial charge on any atom is 0.449 e. The molecule has 1 heterocycles. The van der Waals surface area contributed by atoms with Crippen LogP contribution in [0.5, 0.6) is 0 Å². The van der Waals surface area contributed by atoms with Crippen LogP contribution in [0.1, 0.15) is 5.56 Å². The molecule has 2 aromatic rings. The van der Waals surface area contributed by atoms with Gasteiger partial charge in [0.1, 0.15) is 10.6 Å². The molecule has 0 spiro atoms. The molecule has 26 heavy (non-hydrogen) atoms. The van der Waals surface area contributed by atoms with Gasteiger partial charge in [0.25, 0.3) is 0 Å². The first kappa shape index (κ1) is 20.4. The van der Waals surface area contributed by atoms with E-state index in [1.54, 1.807) is 30.5 Å². The monoisotopic (exact) mass is 422 g/mol. The molecule has 0 unspecified atom stereocenters. The van der Waals surface area contributed by atoms with Gasteiger partial charge >= 0.3 is 12.1 Å². The van der Waals surface area contributed by atoms with Crippen LogP contribution in [0.15, 0.2) is 51.3 Å². The fourth-order valence-electron chi connectivity index (χ4n) is 1.80. The second-order valence-electron chi connectivity index (χ2n) is 4.66. The summed E-state index contributed by atoms with van der Waals surface area (Å²) in [5, 5.41) is 19.3. The molecular formula is C15H10ClF3N2O3S2. The van der Waals surface area contributed by atoms with E-state index in [0.29, 0.717) is 9.92 Å². The number of aromatic nitrogens is 2. The molecular weight excluding hydrogens is 413 g/mol. The molecule has 138 valence electrons. The van der Waals surface area contributed by atoms with Crippen LogP contribution in [-0.2, 0) is 4.79 Å². The largest absolute Gasteiger partial charge is 0.504 e. The van der Waals surface area contributed by atoms with E-state index in [0.717, 1.165) is 29.7 Å². The van der Waals surface area contributed by atoms with Gasteiger partial charge in [0.2, 0.25) is 5.76 Å². The number of aliphatic hydroxyl groups excluding tert-OH is 1. The molecule has 0 aliphatic rings. The molecule has 11 heteroatoms. The number of halogens is 4. The van der Waals surface area contributed by atoms with Gasteiger partial charge in [0.15, 0.2) is 5.16 Å². The van der Waals surface area contributed by atoms with E-state index < -0.39 is 29.0 Å². The van der Waals surface area contributed by atoms with Gasteiger partial charge in [-0.1, -0.05) is 35.1 Å². The zero-order valence-electron chi connectivity index (χ0n) is 12.9. The predicted octanol–water partition coefficient (Wildman–Crippen LogP) is 4.92. The summed E-state index contributed by atoms with van der Waals surface area (Å²) in [5.41, 5.74) is -1.76. The molecule has 0 amide bonds. The molecule has 2 rings (SSSR count). The summed E-state index contributed by atoms with van der Waals surface area (Å²) in [4.78, 5) is 19.9. The number of carbonyl (C=O) groups is 1. The van der Waals surface area contributed by atoms with E-state index in [1.807, 2.05) is 0 Å². The number of hydrogen-bond donors (Lipinski definition) is 2. The lowest BCUT2D eigenvalue weighted by Gasteiger charge is -2.13. The number of hydrogen-bond acceptors (Lipinski definition) is 6. The maximum atomic E-state index is 12.9. The first-order valence-corrected chi connectivity index (χ1v) is 9.14. The Morgan fingerprint density at radius 3 is 2.31 bits per heavy atom. The number of rotatable bonds is 5. The van der Waals surface area contributed by atoms with Crippen LogP contribution in [0, 0.1) is 0 Å². The average Bonchev–Trinajstić information content (AvgIpc) is 2.57. The molecule has 0 saturated heterocycles. The predicted molar refractivity (Wildman–Crippen MR) is 92.6 cm³/mol. The van der Waals surface area contributed by atoms with Crippen LogP contribution < -0.4 is 0 Å². The van der Waals surface area contributed by atoms with Crippen molar-refractivity contribution in [2.45, 2.75) is 21.3 Å². The van der Waals surface area contributed by atoms with Crippen LogP contribution in [0.4, 0.5) is 13.2 Å². The quantitative estimate of drug-likeness (QED) is 0.232. The lowest BCUT2D eigenvalue weighted by Crippen LogP contribution is -2.18. The minimum Gasteiger partial charge on any atom is -0.504 e. The van der Waals surface area contributed by atoms with Gasteiger partial charge in [-0.15, -0.1) is 0 Å². The summed E-state index contributed by atoms with van der Waals surface area (Å²) in [6.45, 7) is 0. The number of nitrogens with zero attached hydrogens (tertiary/aromatic N) is 2. The Kier molecular flexibility index (Phi) is 6.43. The van der Waals surface area contributed by atoms with Crippen LogP contribution in [0.2, 0.25) is 5.02 Å². The Labute approximate surface area is 159 Å². The highest BCUT2D eigenvalue weighted by atomic mass is 35.5. The average molecular weight is 423 g/mol. The van der Waals surface area contributed by atoms with Crippen LogP contribution in [0.3, 0.4) is 0 Å². The highest BCUT2D eigenvalue weighted by molar-refractivity contribution is 7.99. The normalized spacial score (nSPS) is 12.7. The molecule has 1 aromatic carbocycles. The van der Waals surface area contributed by atoms with Crippen molar-refractivity contribution < 1.29 is 28.2 Å². The second-order valence-corrected chi connectivity index (χ2v) is 6.93. The second kappa shape index (κ2) is 8.19. The molecule has 0 fully saturated rings. The Morgan fingerprint density at radius 1 is 1.19 bits per heavy atom. The molecule has 2 N–H and O–H groups in total. The van der Waals surface area contributed by atoms with Crippen LogP contribution in [0.25, 0.3) is 5.57 Å². The number of alkyl halides is 3. The zero-order chi connectivity index (χ0) is 19.5. The molecule has 0 bridgehead atoms. The Balaban J connectivity index is 2.63. The number of allylic oxidation sites excluding steroid dienone is 1. The van der Waals surface area contributed by atoms with Gasteiger partial charge in [0.05, 0.1) is 0 Å². The number of thioether (sulfide) groups is 1. The lowest BCUT2D eigenvalue weighted by atomic mass is 10.1. The number of aliphatic hydroxyl groups is 1.